The van der Waals surface area contributed by atoms with Gasteiger partial charge in [-0.3, -0.25) is 9.98 Å². The van der Waals surface area contributed by atoms with E-state index in [4.69, 9.17) is 4.74 Å². The highest BCUT2D eigenvalue weighted by Crippen LogP contribution is 2.16. The fourth-order valence-electron chi connectivity index (χ4n) is 2.61. The molecular weight excluding hydrogens is 380 g/mol. The molecule has 0 atom stereocenters. The Labute approximate surface area is 176 Å². The molecule has 2 N–H and O–H groups in total. The molecule has 0 bridgehead atoms. The molecule has 1 heterocycles. The van der Waals surface area contributed by atoms with Crippen molar-refractivity contribution in [1.29, 1.82) is 0 Å². The van der Waals surface area contributed by atoms with Crippen LogP contribution in [0.15, 0.2) is 88.9 Å². The number of nitrogens with one attached hydrogen (secondary N) is 2. The van der Waals surface area contributed by atoms with E-state index in [9.17, 15) is 0 Å². The third-order valence-corrected chi connectivity index (χ3v) is 5.14. The summed E-state index contributed by atoms with van der Waals surface area (Å²) < 4.78 is 5.77. The zero-order valence-corrected chi connectivity index (χ0v) is 17.4. The first-order chi connectivity index (χ1) is 14.3. The summed E-state index contributed by atoms with van der Waals surface area (Å²) in [6.45, 7) is 2.02. The molecule has 2 aromatic carbocycles. The van der Waals surface area contributed by atoms with Crippen molar-refractivity contribution < 1.29 is 4.74 Å². The van der Waals surface area contributed by atoms with Crippen LogP contribution in [0, 0.1) is 0 Å². The molecule has 6 heteroatoms. The molecule has 0 unspecified atom stereocenters. The second-order valence-electron chi connectivity index (χ2n) is 6.27. The average molecular weight is 407 g/mol. The monoisotopic (exact) mass is 406 g/mol. The lowest BCUT2D eigenvalue weighted by Crippen LogP contribution is -2.37. The highest BCUT2D eigenvalue weighted by molar-refractivity contribution is 7.99. The molecule has 0 radical (unpaired) electrons. The number of thioether (sulfide) groups is 1. The van der Waals surface area contributed by atoms with Crippen LogP contribution in [0.4, 0.5) is 0 Å². The number of aromatic nitrogens is 1. The van der Waals surface area contributed by atoms with Crippen molar-refractivity contribution >= 4 is 17.7 Å². The van der Waals surface area contributed by atoms with Crippen molar-refractivity contribution in [2.45, 2.75) is 18.0 Å². The molecule has 5 nitrogen and oxygen atoms in total. The minimum atomic E-state index is 0.468. The van der Waals surface area contributed by atoms with Crippen molar-refractivity contribution in [1.82, 2.24) is 15.6 Å². The topological polar surface area (TPSA) is 58.5 Å². The number of rotatable bonds is 9. The van der Waals surface area contributed by atoms with E-state index in [1.807, 2.05) is 48.2 Å². The van der Waals surface area contributed by atoms with E-state index in [2.05, 4.69) is 57.0 Å². The van der Waals surface area contributed by atoms with Gasteiger partial charge in [-0.15, -0.1) is 11.8 Å². The number of nitrogens with zero attached hydrogens (tertiary/aromatic N) is 2. The third kappa shape index (κ3) is 7.50. The van der Waals surface area contributed by atoms with E-state index in [0.717, 1.165) is 35.3 Å². The number of guanidine groups is 1. The molecule has 0 aliphatic carbocycles. The minimum absolute atomic E-state index is 0.468. The summed E-state index contributed by atoms with van der Waals surface area (Å²) in [7, 11) is 1.79. The molecule has 0 saturated carbocycles. The van der Waals surface area contributed by atoms with Crippen LogP contribution >= 0.6 is 11.8 Å². The first-order valence-electron chi connectivity index (χ1n) is 9.57. The summed E-state index contributed by atoms with van der Waals surface area (Å²) in [5.41, 5.74) is 2.08. The van der Waals surface area contributed by atoms with Gasteiger partial charge in [-0.05, 0) is 42.0 Å². The second kappa shape index (κ2) is 11.8. The van der Waals surface area contributed by atoms with Crippen molar-refractivity contribution in [3.63, 3.8) is 0 Å². The Morgan fingerprint density at radius 1 is 0.966 bits per heavy atom. The fraction of sp³-hybridized carbons (Fsp3) is 0.217. The van der Waals surface area contributed by atoms with Crippen LogP contribution in [-0.4, -0.2) is 30.3 Å². The Hall–Kier alpha value is -2.99. The molecule has 150 valence electrons. The summed E-state index contributed by atoms with van der Waals surface area (Å²) in [5, 5.41) is 6.69. The van der Waals surface area contributed by atoms with E-state index in [1.54, 1.807) is 13.2 Å². The number of hydrogen-bond donors (Lipinski definition) is 2. The van der Waals surface area contributed by atoms with E-state index in [1.165, 1.54) is 4.90 Å². The van der Waals surface area contributed by atoms with Crippen LogP contribution in [0.5, 0.6) is 5.75 Å². The molecule has 0 aliphatic rings. The number of ether oxygens (including phenoxy) is 1. The standard InChI is InChI=1S/C23H26N4OS/c1-24-23(26-15-16-29-22-8-3-2-4-9-22)27-17-19-10-12-21(13-11-19)28-18-20-7-5-6-14-25-20/h2-14H,15-18H2,1H3,(H2,24,26,27). The van der Waals surface area contributed by atoms with Gasteiger partial charge >= 0.3 is 0 Å². The smallest absolute Gasteiger partial charge is 0.191 e. The van der Waals surface area contributed by atoms with Crippen molar-refractivity contribution in [2.75, 3.05) is 19.3 Å². The van der Waals surface area contributed by atoms with Crippen LogP contribution in [0.1, 0.15) is 11.3 Å². The van der Waals surface area contributed by atoms with Crippen molar-refractivity contribution in [3.05, 3.63) is 90.3 Å². The zero-order chi connectivity index (χ0) is 20.2. The predicted octanol–water partition coefficient (Wildman–Crippen LogP) is 4.12. The SMILES string of the molecule is CN=C(NCCSc1ccccc1)NCc1ccc(OCc2ccccn2)cc1. The lowest BCUT2D eigenvalue weighted by molar-refractivity contribution is 0.301. The molecule has 0 aliphatic heterocycles. The quantitative estimate of drug-likeness (QED) is 0.242. The van der Waals surface area contributed by atoms with Crippen LogP contribution in [0.2, 0.25) is 0 Å². The molecule has 1 aromatic heterocycles. The predicted molar refractivity (Wildman–Crippen MR) is 120 cm³/mol. The van der Waals surface area contributed by atoms with Gasteiger partial charge in [-0.25, -0.2) is 0 Å². The second-order valence-corrected chi connectivity index (χ2v) is 7.44. The minimum Gasteiger partial charge on any atom is -0.487 e. The largest absolute Gasteiger partial charge is 0.487 e. The van der Waals surface area contributed by atoms with Gasteiger partial charge in [0, 0.05) is 37.0 Å². The summed E-state index contributed by atoms with van der Waals surface area (Å²) in [5.74, 6) is 2.61. The molecule has 0 fully saturated rings. The number of pyridine rings is 1. The van der Waals surface area contributed by atoms with Gasteiger partial charge in [-0.2, -0.15) is 0 Å². The van der Waals surface area contributed by atoms with Crippen molar-refractivity contribution in [3.8, 4) is 5.75 Å². The van der Waals surface area contributed by atoms with Crippen molar-refractivity contribution in [2.24, 2.45) is 4.99 Å². The first kappa shape index (κ1) is 20.7. The lowest BCUT2D eigenvalue weighted by atomic mass is 10.2. The molecule has 0 saturated heterocycles. The summed E-state index contributed by atoms with van der Waals surface area (Å²) >= 11 is 1.83. The van der Waals surface area contributed by atoms with E-state index in [0.29, 0.717) is 13.2 Å². The summed E-state index contributed by atoms with van der Waals surface area (Å²) in [6, 6.07) is 24.3. The number of benzene rings is 2. The van der Waals surface area contributed by atoms with Crippen LogP contribution in [0.3, 0.4) is 0 Å². The van der Waals surface area contributed by atoms with Crippen LogP contribution in [-0.2, 0) is 13.2 Å². The number of aliphatic imine (C=N–C) groups is 1. The van der Waals surface area contributed by atoms with Gasteiger partial charge in [0.15, 0.2) is 5.96 Å². The summed E-state index contributed by atoms with van der Waals surface area (Å²) in [4.78, 5) is 9.82. The molecule has 0 spiro atoms. The van der Waals surface area contributed by atoms with Crippen LogP contribution < -0.4 is 15.4 Å². The maximum Gasteiger partial charge on any atom is 0.191 e. The molecule has 29 heavy (non-hydrogen) atoms. The van der Waals surface area contributed by atoms with E-state index in [-0.39, 0.29) is 0 Å². The Bertz CT molecular complexity index is 870. The van der Waals surface area contributed by atoms with E-state index < -0.39 is 0 Å². The molecule has 3 aromatic rings. The zero-order valence-electron chi connectivity index (χ0n) is 16.5. The number of hydrogen-bond acceptors (Lipinski definition) is 4. The van der Waals surface area contributed by atoms with Gasteiger partial charge in [-0.1, -0.05) is 36.4 Å². The van der Waals surface area contributed by atoms with Gasteiger partial charge in [0.05, 0.1) is 5.69 Å². The third-order valence-electron chi connectivity index (χ3n) is 4.13. The Balaban J connectivity index is 1.36. The Morgan fingerprint density at radius 2 is 1.76 bits per heavy atom. The molecule has 3 rings (SSSR count). The maximum absolute atomic E-state index is 5.77. The van der Waals surface area contributed by atoms with Gasteiger partial charge in [0.1, 0.15) is 12.4 Å². The maximum atomic E-state index is 5.77. The highest BCUT2D eigenvalue weighted by Gasteiger charge is 2.01. The molecule has 0 amide bonds. The van der Waals surface area contributed by atoms with Gasteiger partial charge in [0.25, 0.3) is 0 Å². The molecular formula is C23H26N4OS. The fourth-order valence-corrected chi connectivity index (χ4v) is 3.40. The average Bonchev–Trinajstić information content (AvgIpc) is 2.79. The first-order valence-corrected chi connectivity index (χ1v) is 10.6. The normalized spacial score (nSPS) is 11.1. The lowest BCUT2D eigenvalue weighted by Gasteiger charge is -2.12. The van der Waals surface area contributed by atoms with Gasteiger partial charge < -0.3 is 15.4 Å². The Morgan fingerprint density at radius 3 is 2.48 bits per heavy atom. The Kier molecular flexibility index (Phi) is 8.41. The van der Waals surface area contributed by atoms with Crippen LogP contribution in [0.25, 0.3) is 0 Å². The van der Waals surface area contributed by atoms with E-state index >= 15 is 0 Å². The van der Waals surface area contributed by atoms with Gasteiger partial charge in [0.2, 0.25) is 0 Å². The summed E-state index contributed by atoms with van der Waals surface area (Å²) in [6.07, 6.45) is 1.77. The highest BCUT2D eigenvalue weighted by atomic mass is 32.2.